The molecule has 102 valence electrons. The molecule has 0 amide bonds. The number of hydrogen-bond acceptors (Lipinski definition) is 4. The van der Waals surface area contributed by atoms with Crippen LogP contribution in [0.25, 0.3) is 0 Å². The number of hydrogen-bond donors (Lipinski definition) is 0. The number of carbonyl (C=O) groups excluding carboxylic acids is 1. The van der Waals surface area contributed by atoms with Gasteiger partial charge in [0, 0.05) is 19.1 Å². The van der Waals surface area contributed by atoms with Gasteiger partial charge in [0.05, 0.1) is 7.11 Å². The summed E-state index contributed by atoms with van der Waals surface area (Å²) in [4.78, 5) is 11.2. The first-order chi connectivity index (χ1) is 7.64. The third kappa shape index (κ3) is 4.25. The van der Waals surface area contributed by atoms with E-state index in [1.807, 2.05) is 0 Å². The SMILES string of the molecule is COC(=O)CN(C(C)C)S(=O)(=O)N(C)C(C)C. The molecule has 0 N–H and O–H groups in total. The lowest BCUT2D eigenvalue weighted by Crippen LogP contribution is -2.49. The molecular formula is C10H22N2O4S. The zero-order valence-electron chi connectivity index (χ0n) is 11.3. The van der Waals surface area contributed by atoms with Crippen LogP contribution in [0.2, 0.25) is 0 Å². The van der Waals surface area contributed by atoms with Gasteiger partial charge in [0.2, 0.25) is 0 Å². The molecule has 0 atom stereocenters. The Bertz CT molecular complexity index is 351. The van der Waals surface area contributed by atoms with E-state index < -0.39 is 16.2 Å². The van der Waals surface area contributed by atoms with Gasteiger partial charge in [-0.2, -0.15) is 17.0 Å². The predicted octanol–water partition coefficient (Wildman–Crippen LogP) is 0.455. The molecule has 0 rings (SSSR count). The van der Waals surface area contributed by atoms with E-state index in [9.17, 15) is 13.2 Å². The van der Waals surface area contributed by atoms with Crippen molar-refractivity contribution in [1.29, 1.82) is 0 Å². The van der Waals surface area contributed by atoms with Crippen molar-refractivity contribution in [3.63, 3.8) is 0 Å². The molecule has 0 radical (unpaired) electrons. The van der Waals surface area contributed by atoms with Crippen LogP contribution < -0.4 is 0 Å². The number of nitrogens with zero attached hydrogens (tertiary/aromatic N) is 2. The second-order valence-corrected chi connectivity index (χ2v) is 6.27. The highest BCUT2D eigenvalue weighted by molar-refractivity contribution is 7.86. The highest BCUT2D eigenvalue weighted by atomic mass is 32.2. The fraction of sp³-hybridized carbons (Fsp3) is 0.900. The van der Waals surface area contributed by atoms with E-state index in [0.29, 0.717) is 0 Å². The summed E-state index contributed by atoms with van der Waals surface area (Å²) in [7, 11) is -0.910. The number of carbonyl (C=O) groups is 1. The minimum Gasteiger partial charge on any atom is -0.468 e. The second kappa shape index (κ2) is 6.32. The predicted molar refractivity (Wildman–Crippen MR) is 65.7 cm³/mol. The van der Waals surface area contributed by atoms with Gasteiger partial charge in [-0.3, -0.25) is 4.79 Å². The smallest absolute Gasteiger partial charge is 0.321 e. The summed E-state index contributed by atoms with van der Waals surface area (Å²) in [5.41, 5.74) is 0. The van der Waals surface area contributed by atoms with Gasteiger partial charge in [0.25, 0.3) is 10.2 Å². The summed E-state index contributed by atoms with van der Waals surface area (Å²) in [6, 6.07) is -0.473. The number of ether oxygens (including phenoxy) is 1. The van der Waals surface area contributed by atoms with Crippen molar-refractivity contribution in [2.45, 2.75) is 39.8 Å². The highest BCUT2D eigenvalue weighted by Gasteiger charge is 2.32. The van der Waals surface area contributed by atoms with Crippen LogP contribution in [0, 0.1) is 0 Å². The van der Waals surface area contributed by atoms with E-state index in [1.165, 1.54) is 18.5 Å². The Morgan fingerprint density at radius 2 is 1.65 bits per heavy atom. The Morgan fingerprint density at radius 1 is 1.18 bits per heavy atom. The van der Waals surface area contributed by atoms with E-state index in [-0.39, 0.29) is 18.6 Å². The van der Waals surface area contributed by atoms with Crippen LogP contribution in [0.5, 0.6) is 0 Å². The first kappa shape index (κ1) is 16.3. The van der Waals surface area contributed by atoms with E-state index in [0.717, 1.165) is 4.31 Å². The lowest BCUT2D eigenvalue weighted by Gasteiger charge is -2.31. The number of rotatable bonds is 6. The lowest BCUT2D eigenvalue weighted by atomic mass is 10.4. The van der Waals surface area contributed by atoms with Crippen LogP contribution in [0.4, 0.5) is 0 Å². The van der Waals surface area contributed by atoms with Crippen molar-refractivity contribution in [2.24, 2.45) is 0 Å². The molecule has 6 nitrogen and oxygen atoms in total. The molecule has 0 unspecified atom stereocenters. The van der Waals surface area contributed by atoms with Crippen molar-refractivity contribution in [1.82, 2.24) is 8.61 Å². The maximum absolute atomic E-state index is 12.2. The number of esters is 1. The zero-order chi connectivity index (χ0) is 13.8. The fourth-order valence-corrected chi connectivity index (χ4v) is 2.82. The maximum atomic E-state index is 12.2. The number of methoxy groups -OCH3 is 1. The van der Waals surface area contributed by atoms with Crippen molar-refractivity contribution in [2.75, 3.05) is 20.7 Å². The summed E-state index contributed by atoms with van der Waals surface area (Å²) in [6.07, 6.45) is 0. The van der Waals surface area contributed by atoms with Crippen molar-refractivity contribution < 1.29 is 17.9 Å². The van der Waals surface area contributed by atoms with Crippen LogP contribution in [-0.4, -0.2) is 55.8 Å². The van der Waals surface area contributed by atoms with Gasteiger partial charge < -0.3 is 4.74 Å². The largest absolute Gasteiger partial charge is 0.468 e. The van der Waals surface area contributed by atoms with Crippen LogP contribution in [0.3, 0.4) is 0 Å². The van der Waals surface area contributed by atoms with Gasteiger partial charge in [-0.25, -0.2) is 0 Å². The monoisotopic (exact) mass is 266 g/mol. The van der Waals surface area contributed by atoms with E-state index in [4.69, 9.17) is 0 Å². The molecule has 0 aliphatic rings. The van der Waals surface area contributed by atoms with Crippen LogP contribution >= 0.6 is 0 Å². The summed E-state index contributed by atoms with van der Waals surface area (Å²) in [6.45, 7) is 6.71. The van der Waals surface area contributed by atoms with Crippen LogP contribution in [0.15, 0.2) is 0 Å². The molecule has 0 aromatic rings. The molecule has 7 heteroatoms. The first-order valence-electron chi connectivity index (χ1n) is 5.46. The quantitative estimate of drug-likeness (QED) is 0.655. The highest BCUT2D eigenvalue weighted by Crippen LogP contribution is 2.13. The summed E-state index contributed by atoms with van der Waals surface area (Å²) >= 11 is 0. The van der Waals surface area contributed by atoms with Crippen LogP contribution in [-0.2, 0) is 19.7 Å². The summed E-state index contributed by atoms with van der Waals surface area (Å²) < 4.78 is 31.3. The zero-order valence-corrected chi connectivity index (χ0v) is 12.1. The first-order valence-corrected chi connectivity index (χ1v) is 6.85. The van der Waals surface area contributed by atoms with Gasteiger partial charge >= 0.3 is 5.97 Å². The standard InChI is InChI=1S/C10H22N2O4S/c1-8(2)11(5)17(14,15)12(9(3)4)7-10(13)16-6/h8-9H,7H2,1-6H3. The minimum atomic E-state index is -3.64. The second-order valence-electron chi connectivity index (χ2n) is 4.33. The molecule has 17 heavy (non-hydrogen) atoms. The molecule has 0 fully saturated rings. The molecule has 0 spiro atoms. The summed E-state index contributed by atoms with van der Waals surface area (Å²) in [5, 5.41) is 0. The van der Waals surface area contributed by atoms with Gasteiger partial charge in [-0.1, -0.05) is 0 Å². The summed E-state index contributed by atoms with van der Waals surface area (Å²) in [5.74, 6) is -0.570. The Balaban J connectivity index is 5.12. The minimum absolute atomic E-state index is 0.168. The Hall–Kier alpha value is -0.660. The van der Waals surface area contributed by atoms with E-state index >= 15 is 0 Å². The van der Waals surface area contributed by atoms with Gasteiger partial charge in [-0.05, 0) is 27.7 Å². The lowest BCUT2D eigenvalue weighted by molar-refractivity contribution is -0.141. The maximum Gasteiger partial charge on any atom is 0.321 e. The van der Waals surface area contributed by atoms with Gasteiger partial charge in [0.15, 0.2) is 0 Å². The van der Waals surface area contributed by atoms with E-state index in [1.54, 1.807) is 27.7 Å². The van der Waals surface area contributed by atoms with Crippen molar-refractivity contribution in [3.05, 3.63) is 0 Å². The fourth-order valence-electron chi connectivity index (χ4n) is 1.15. The van der Waals surface area contributed by atoms with Gasteiger partial charge in [-0.15, -0.1) is 0 Å². The third-order valence-electron chi connectivity index (χ3n) is 2.48. The van der Waals surface area contributed by atoms with Crippen molar-refractivity contribution in [3.8, 4) is 0 Å². The average Bonchev–Trinajstić information content (AvgIpc) is 2.23. The van der Waals surface area contributed by atoms with Crippen molar-refractivity contribution >= 4 is 16.2 Å². The third-order valence-corrected chi connectivity index (χ3v) is 4.77. The Labute approximate surface area is 104 Å². The Morgan fingerprint density at radius 3 is 1.94 bits per heavy atom. The molecule has 0 aromatic carbocycles. The Kier molecular flexibility index (Phi) is 6.08. The molecule has 0 saturated heterocycles. The van der Waals surface area contributed by atoms with Crippen LogP contribution in [0.1, 0.15) is 27.7 Å². The molecule has 0 aliphatic carbocycles. The molecule has 0 heterocycles. The topological polar surface area (TPSA) is 66.9 Å². The normalized spacial score (nSPS) is 12.8. The molecular weight excluding hydrogens is 244 g/mol. The molecule has 0 bridgehead atoms. The van der Waals surface area contributed by atoms with Gasteiger partial charge in [0.1, 0.15) is 6.54 Å². The average molecular weight is 266 g/mol. The molecule has 0 saturated carbocycles. The van der Waals surface area contributed by atoms with E-state index in [2.05, 4.69) is 4.74 Å². The molecule has 0 aliphatic heterocycles. The molecule has 0 aromatic heterocycles.